The fourth-order valence-electron chi connectivity index (χ4n) is 2.00. The van der Waals surface area contributed by atoms with Gasteiger partial charge in [-0.15, -0.1) is 22.7 Å². The molecule has 0 saturated carbocycles. The SMILES string of the molecule is Cc1nc(-c2ccc(CNC(=O)c3ccccc3I)s2)cs1. The van der Waals surface area contributed by atoms with E-state index < -0.39 is 0 Å². The molecule has 0 aliphatic carbocycles. The van der Waals surface area contributed by atoms with E-state index in [9.17, 15) is 4.79 Å². The number of nitrogens with one attached hydrogen (secondary N) is 1. The van der Waals surface area contributed by atoms with E-state index in [1.807, 2.05) is 37.3 Å². The third-order valence-electron chi connectivity index (χ3n) is 3.07. The topological polar surface area (TPSA) is 42.0 Å². The summed E-state index contributed by atoms with van der Waals surface area (Å²) in [5, 5.41) is 6.11. The molecule has 0 saturated heterocycles. The molecule has 0 spiro atoms. The summed E-state index contributed by atoms with van der Waals surface area (Å²) in [6.07, 6.45) is 0. The monoisotopic (exact) mass is 440 g/mol. The summed E-state index contributed by atoms with van der Waals surface area (Å²) in [4.78, 5) is 19.0. The number of carbonyl (C=O) groups is 1. The summed E-state index contributed by atoms with van der Waals surface area (Å²) in [6, 6.07) is 11.7. The van der Waals surface area contributed by atoms with Crippen molar-refractivity contribution in [2.45, 2.75) is 13.5 Å². The molecule has 0 aliphatic heterocycles. The van der Waals surface area contributed by atoms with Gasteiger partial charge >= 0.3 is 0 Å². The predicted molar refractivity (Wildman–Crippen MR) is 100 cm³/mol. The van der Waals surface area contributed by atoms with Gasteiger partial charge in [0.1, 0.15) is 0 Å². The predicted octanol–water partition coefficient (Wildman–Crippen LogP) is 4.71. The number of hydrogen-bond donors (Lipinski definition) is 1. The number of rotatable bonds is 4. The highest BCUT2D eigenvalue weighted by Gasteiger charge is 2.10. The Morgan fingerprint density at radius 2 is 2.09 bits per heavy atom. The summed E-state index contributed by atoms with van der Waals surface area (Å²) < 4.78 is 0.961. The van der Waals surface area contributed by atoms with Crippen LogP contribution in [0.15, 0.2) is 41.8 Å². The van der Waals surface area contributed by atoms with Crippen molar-refractivity contribution >= 4 is 51.2 Å². The van der Waals surface area contributed by atoms with Crippen molar-refractivity contribution < 1.29 is 4.79 Å². The maximum atomic E-state index is 12.2. The second kappa shape index (κ2) is 6.89. The molecule has 2 heterocycles. The third kappa shape index (κ3) is 3.56. The molecule has 0 atom stereocenters. The first kappa shape index (κ1) is 15.6. The molecule has 22 heavy (non-hydrogen) atoms. The molecule has 0 radical (unpaired) electrons. The molecule has 2 aromatic heterocycles. The Hall–Kier alpha value is -1.25. The second-order valence-corrected chi connectivity index (χ2v) is 8.07. The van der Waals surface area contributed by atoms with E-state index in [-0.39, 0.29) is 5.91 Å². The molecule has 0 fully saturated rings. The van der Waals surface area contributed by atoms with E-state index in [0.717, 1.165) is 29.6 Å². The highest BCUT2D eigenvalue weighted by Crippen LogP contribution is 2.29. The Morgan fingerprint density at radius 1 is 1.27 bits per heavy atom. The zero-order valence-electron chi connectivity index (χ0n) is 11.8. The molecule has 6 heteroatoms. The Morgan fingerprint density at radius 3 is 2.82 bits per heavy atom. The van der Waals surface area contributed by atoms with Gasteiger partial charge in [0.25, 0.3) is 5.91 Å². The van der Waals surface area contributed by atoms with E-state index >= 15 is 0 Å². The summed E-state index contributed by atoms with van der Waals surface area (Å²) in [6.45, 7) is 2.54. The number of thiophene rings is 1. The van der Waals surface area contributed by atoms with Gasteiger partial charge < -0.3 is 5.32 Å². The smallest absolute Gasteiger partial charge is 0.252 e. The van der Waals surface area contributed by atoms with Gasteiger partial charge in [-0.25, -0.2) is 4.98 Å². The van der Waals surface area contributed by atoms with Crippen molar-refractivity contribution in [1.82, 2.24) is 10.3 Å². The standard InChI is InChI=1S/C16H13IN2OS2/c1-10-19-14(9-21-10)15-7-6-11(22-15)8-18-16(20)12-4-2-3-5-13(12)17/h2-7,9H,8H2,1H3,(H,18,20). The van der Waals surface area contributed by atoms with E-state index in [0.29, 0.717) is 6.54 Å². The average Bonchev–Trinajstić information content (AvgIpc) is 3.14. The number of thiazole rings is 1. The number of aromatic nitrogens is 1. The lowest BCUT2D eigenvalue weighted by molar-refractivity contribution is 0.0950. The Balaban J connectivity index is 1.66. The number of halogens is 1. The molecule has 3 rings (SSSR count). The summed E-state index contributed by atoms with van der Waals surface area (Å²) in [5.41, 5.74) is 1.73. The Labute approximate surface area is 150 Å². The van der Waals surface area contributed by atoms with Gasteiger partial charge in [-0.1, -0.05) is 12.1 Å². The van der Waals surface area contributed by atoms with Crippen LogP contribution in [0.5, 0.6) is 0 Å². The lowest BCUT2D eigenvalue weighted by atomic mass is 10.2. The minimum atomic E-state index is -0.0375. The van der Waals surface area contributed by atoms with Crippen LogP contribution in [0.4, 0.5) is 0 Å². The zero-order valence-corrected chi connectivity index (χ0v) is 15.6. The van der Waals surface area contributed by atoms with Crippen molar-refractivity contribution in [3.63, 3.8) is 0 Å². The average molecular weight is 440 g/mol. The molecule has 0 bridgehead atoms. The van der Waals surface area contributed by atoms with Crippen LogP contribution in [0.25, 0.3) is 10.6 Å². The molecule has 112 valence electrons. The van der Waals surface area contributed by atoms with Gasteiger partial charge in [-0.3, -0.25) is 4.79 Å². The van der Waals surface area contributed by atoms with Crippen LogP contribution >= 0.6 is 45.3 Å². The fourth-order valence-corrected chi connectivity index (χ4v) is 4.22. The van der Waals surface area contributed by atoms with Crippen LogP contribution in [0.1, 0.15) is 20.2 Å². The van der Waals surface area contributed by atoms with Crippen molar-refractivity contribution in [2.75, 3.05) is 0 Å². The molecule has 1 N–H and O–H groups in total. The Bertz CT molecular complexity index is 810. The zero-order chi connectivity index (χ0) is 15.5. The van der Waals surface area contributed by atoms with Crippen LogP contribution < -0.4 is 5.32 Å². The molecule has 0 unspecified atom stereocenters. The van der Waals surface area contributed by atoms with Crippen LogP contribution in [0.3, 0.4) is 0 Å². The van der Waals surface area contributed by atoms with E-state index in [1.54, 1.807) is 22.7 Å². The second-order valence-electron chi connectivity index (χ2n) is 4.68. The van der Waals surface area contributed by atoms with Gasteiger partial charge in [0.2, 0.25) is 0 Å². The van der Waals surface area contributed by atoms with E-state index in [1.165, 1.54) is 0 Å². The maximum Gasteiger partial charge on any atom is 0.252 e. The number of aryl methyl sites for hydroxylation is 1. The number of carbonyl (C=O) groups excluding carboxylic acids is 1. The lowest BCUT2D eigenvalue weighted by Gasteiger charge is -2.05. The maximum absolute atomic E-state index is 12.2. The summed E-state index contributed by atoms with van der Waals surface area (Å²) in [7, 11) is 0. The number of hydrogen-bond acceptors (Lipinski definition) is 4. The minimum Gasteiger partial charge on any atom is -0.347 e. The molecular weight excluding hydrogens is 427 g/mol. The third-order valence-corrected chi connectivity index (χ3v) is 5.90. The first-order valence-electron chi connectivity index (χ1n) is 6.67. The van der Waals surface area contributed by atoms with Crippen molar-refractivity contribution in [3.05, 3.63) is 60.8 Å². The van der Waals surface area contributed by atoms with Crippen molar-refractivity contribution in [1.29, 1.82) is 0 Å². The molecule has 1 aromatic carbocycles. The fraction of sp³-hybridized carbons (Fsp3) is 0.125. The highest BCUT2D eigenvalue weighted by molar-refractivity contribution is 14.1. The normalized spacial score (nSPS) is 10.6. The molecule has 0 aliphatic rings. The van der Waals surface area contributed by atoms with Crippen molar-refractivity contribution in [3.8, 4) is 10.6 Å². The minimum absolute atomic E-state index is 0.0375. The van der Waals surface area contributed by atoms with Crippen molar-refractivity contribution in [2.24, 2.45) is 0 Å². The van der Waals surface area contributed by atoms with Crippen LogP contribution in [-0.4, -0.2) is 10.9 Å². The van der Waals surface area contributed by atoms with Gasteiger partial charge in [-0.2, -0.15) is 0 Å². The number of amides is 1. The van der Waals surface area contributed by atoms with Crippen LogP contribution in [0.2, 0.25) is 0 Å². The summed E-state index contributed by atoms with van der Waals surface area (Å²) in [5.74, 6) is -0.0375. The molecule has 3 aromatic rings. The van der Waals surface area contributed by atoms with E-state index in [2.05, 4.69) is 44.3 Å². The molecule has 1 amide bonds. The number of nitrogens with zero attached hydrogens (tertiary/aromatic N) is 1. The first-order valence-corrected chi connectivity index (χ1v) is 9.45. The van der Waals surface area contributed by atoms with Crippen LogP contribution in [0, 0.1) is 10.5 Å². The molecular formula is C16H13IN2OS2. The van der Waals surface area contributed by atoms with Gasteiger partial charge in [-0.05, 0) is 53.8 Å². The van der Waals surface area contributed by atoms with Gasteiger partial charge in [0.15, 0.2) is 0 Å². The van der Waals surface area contributed by atoms with Crippen LogP contribution in [-0.2, 0) is 6.54 Å². The van der Waals surface area contributed by atoms with Gasteiger partial charge in [0, 0.05) is 13.8 Å². The Kier molecular flexibility index (Phi) is 4.90. The summed E-state index contributed by atoms with van der Waals surface area (Å²) >= 11 is 5.50. The van der Waals surface area contributed by atoms with Gasteiger partial charge in [0.05, 0.1) is 27.7 Å². The first-order chi connectivity index (χ1) is 10.6. The molecule has 3 nitrogen and oxygen atoms in total. The van der Waals surface area contributed by atoms with E-state index in [4.69, 9.17) is 0 Å². The highest BCUT2D eigenvalue weighted by atomic mass is 127. The number of benzene rings is 1. The quantitative estimate of drug-likeness (QED) is 0.597. The largest absolute Gasteiger partial charge is 0.347 e. The lowest BCUT2D eigenvalue weighted by Crippen LogP contribution is -2.23.